The molecular formula is C23H22ClNO6. The summed E-state index contributed by atoms with van der Waals surface area (Å²) in [6.07, 6.45) is 1.53. The van der Waals surface area contributed by atoms with Crippen LogP contribution in [-0.2, 0) is 25.6 Å². The summed E-state index contributed by atoms with van der Waals surface area (Å²) in [6.45, 7) is 5.36. The SMILES string of the molecule is C=CCOC(=O)C1=C(C)N(Cc2ccc(C(=O)OC)o2)C(=O)CC1c1cccc(Cl)c1. The van der Waals surface area contributed by atoms with Gasteiger partial charge in [-0.25, -0.2) is 9.59 Å². The number of furan rings is 1. The Balaban J connectivity index is 1.98. The lowest BCUT2D eigenvalue weighted by Gasteiger charge is -2.34. The van der Waals surface area contributed by atoms with E-state index in [1.165, 1.54) is 24.2 Å². The maximum absolute atomic E-state index is 13.0. The number of carbonyl (C=O) groups excluding carboxylic acids is 3. The minimum Gasteiger partial charge on any atom is -0.463 e. The van der Waals surface area contributed by atoms with Gasteiger partial charge in [-0.15, -0.1) is 0 Å². The maximum atomic E-state index is 13.0. The molecule has 0 spiro atoms. The number of halogens is 1. The van der Waals surface area contributed by atoms with Crippen LogP contribution in [0.5, 0.6) is 0 Å². The summed E-state index contributed by atoms with van der Waals surface area (Å²) in [5.41, 5.74) is 1.56. The van der Waals surface area contributed by atoms with Crippen LogP contribution in [0.15, 0.2) is 64.7 Å². The van der Waals surface area contributed by atoms with Crippen LogP contribution >= 0.6 is 11.6 Å². The van der Waals surface area contributed by atoms with Crippen molar-refractivity contribution in [3.05, 3.63) is 82.4 Å². The predicted octanol–water partition coefficient (Wildman–Crippen LogP) is 4.24. The van der Waals surface area contributed by atoms with Crippen molar-refractivity contribution in [3.8, 4) is 0 Å². The average molecular weight is 444 g/mol. The zero-order chi connectivity index (χ0) is 22.5. The fourth-order valence-corrected chi connectivity index (χ4v) is 3.72. The van der Waals surface area contributed by atoms with E-state index in [1.807, 2.05) is 6.07 Å². The zero-order valence-electron chi connectivity index (χ0n) is 17.2. The van der Waals surface area contributed by atoms with Crippen LogP contribution < -0.4 is 0 Å². The summed E-state index contributed by atoms with van der Waals surface area (Å²) in [4.78, 5) is 39.0. The molecule has 1 aromatic carbocycles. The Morgan fingerprint density at radius 2 is 2.06 bits per heavy atom. The molecule has 1 amide bonds. The molecule has 1 atom stereocenters. The topological polar surface area (TPSA) is 86.1 Å². The highest BCUT2D eigenvalue weighted by Crippen LogP contribution is 2.38. The highest BCUT2D eigenvalue weighted by atomic mass is 35.5. The monoisotopic (exact) mass is 443 g/mol. The summed E-state index contributed by atoms with van der Waals surface area (Å²) < 4.78 is 15.4. The molecule has 0 bridgehead atoms. The minimum atomic E-state index is -0.613. The third-order valence-electron chi connectivity index (χ3n) is 4.99. The summed E-state index contributed by atoms with van der Waals surface area (Å²) in [6, 6.07) is 10.1. The standard InChI is InChI=1S/C23H22ClNO6/c1-4-10-30-23(28)21-14(2)25(13-17-8-9-19(31-17)22(27)29-3)20(26)12-18(21)15-6-5-7-16(24)11-15/h4-9,11,18H,1,10,12-13H2,2-3H3. The van der Waals surface area contributed by atoms with Crippen LogP contribution in [0, 0.1) is 0 Å². The van der Waals surface area contributed by atoms with Gasteiger partial charge >= 0.3 is 11.9 Å². The Labute approximate surface area is 184 Å². The van der Waals surface area contributed by atoms with Crippen molar-refractivity contribution in [2.45, 2.75) is 25.8 Å². The van der Waals surface area contributed by atoms with Gasteiger partial charge in [0.15, 0.2) is 0 Å². The quantitative estimate of drug-likeness (QED) is 0.470. The number of hydrogen-bond donors (Lipinski definition) is 0. The molecule has 1 unspecified atom stereocenters. The van der Waals surface area contributed by atoms with Gasteiger partial charge in [-0.1, -0.05) is 36.4 Å². The number of ether oxygens (including phenoxy) is 2. The molecule has 31 heavy (non-hydrogen) atoms. The number of esters is 2. The van der Waals surface area contributed by atoms with E-state index < -0.39 is 17.9 Å². The van der Waals surface area contributed by atoms with E-state index in [9.17, 15) is 14.4 Å². The first kappa shape index (κ1) is 22.4. The lowest BCUT2D eigenvalue weighted by atomic mass is 9.83. The van der Waals surface area contributed by atoms with Gasteiger partial charge in [-0.05, 0) is 36.8 Å². The number of hydrogen-bond acceptors (Lipinski definition) is 6. The van der Waals surface area contributed by atoms with Gasteiger partial charge in [0.2, 0.25) is 11.7 Å². The molecule has 1 aliphatic rings. The van der Waals surface area contributed by atoms with E-state index >= 15 is 0 Å². The summed E-state index contributed by atoms with van der Waals surface area (Å²) in [5.74, 6) is -1.42. The lowest BCUT2D eigenvalue weighted by Crippen LogP contribution is -2.38. The first-order chi connectivity index (χ1) is 14.8. The van der Waals surface area contributed by atoms with Crippen LogP contribution in [0.25, 0.3) is 0 Å². The van der Waals surface area contributed by atoms with Crippen LogP contribution in [0.4, 0.5) is 0 Å². The van der Waals surface area contributed by atoms with Crippen molar-refractivity contribution in [2.24, 2.45) is 0 Å². The molecule has 8 heteroatoms. The number of rotatable bonds is 7. The van der Waals surface area contributed by atoms with Crippen molar-refractivity contribution in [3.63, 3.8) is 0 Å². The van der Waals surface area contributed by atoms with Crippen LogP contribution in [0.3, 0.4) is 0 Å². The predicted molar refractivity (Wildman–Crippen MR) is 113 cm³/mol. The van der Waals surface area contributed by atoms with Crippen molar-refractivity contribution < 1.29 is 28.3 Å². The van der Waals surface area contributed by atoms with Crippen LogP contribution in [-0.4, -0.2) is 36.5 Å². The molecule has 0 fully saturated rings. The van der Waals surface area contributed by atoms with Gasteiger partial charge in [-0.2, -0.15) is 0 Å². The number of allylic oxidation sites excluding steroid dienone is 1. The number of amides is 1. The Morgan fingerprint density at radius 1 is 1.29 bits per heavy atom. The normalized spacial score (nSPS) is 16.3. The maximum Gasteiger partial charge on any atom is 0.373 e. The van der Waals surface area contributed by atoms with Crippen molar-refractivity contribution >= 4 is 29.4 Å². The molecule has 0 aliphatic carbocycles. The van der Waals surface area contributed by atoms with Crippen molar-refractivity contribution in [1.29, 1.82) is 0 Å². The van der Waals surface area contributed by atoms with Crippen LogP contribution in [0.1, 0.15) is 41.1 Å². The van der Waals surface area contributed by atoms with E-state index in [1.54, 1.807) is 31.2 Å². The minimum absolute atomic E-state index is 0.0333. The number of benzene rings is 1. The molecule has 162 valence electrons. The Kier molecular flexibility index (Phi) is 6.97. The number of methoxy groups -OCH3 is 1. The molecule has 0 saturated heterocycles. The second-order valence-electron chi connectivity index (χ2n) is 6.94. The van der Waals surface area contributed by atoms with Gasteiger partial charge in [-0.3, -0.25) is 4.79 Å². The third-order valence-corrected chi connectivity index (χ3v) is 5.22. The van der Waals surface area contributed by atoms with Gasteiger partial charge < -0.3 is 18.8 Å². The first-order valence-electron chi connectivity index (χ1n) is 9.57. The van der Waals surface area contributed by atoms with Gasteiger partial charge in [0, 0.05) is 23.1 Å². The lowest BCUT2D eigenvalue weighted by molar-refractivity contribution is -0.139. The summed E-state index contributed by atoms with van der Waals surface area (Å²) in [7, 11) is 1.25. The van der Waals surface area contributed by atoms with Crippen LogP contribution in [0.2, 0.25) is 5.02 Å². The largest absolute Gasteiger partial charge is 0.463 e. The van der Waals surface area contributed by atoms with Crippen molar-refractivity contribution in [1.82, 2.24) is 4.90 Å². The summed E-state index contributed by atoms with van der Waals surface area (Å²) >= 11 is 6.13. The molecule has 0 saturated carbocycles. The molecule has 1 aliphatic heterocycles. The van der Waals surface area contributed by atoms with Gasteiger partial charge in [0.25, 0.3) is 0 Å². The molecule has 1 aromatic heterocycles. The smallest absolute Gasteiger partial charge is 0.373 e. The fraction of sp³-hybridized carbons (Fsp3) is 0.261. The second-order valence-corrected chi connectivity index (χ2v) is 7.37. The van der Waals surface area contributed by atoms with E-state index in [0.717, 1.165) is 5.56 Å². The third kappa shape index (κ3) is 4.88. The average Bonchev–Trinajstić information content (AvgIpc) is 3.22. The summed E-state index contributed by atoms with van der Waals surface area (Å²) in [5, 5.41) is 0.509. The van der Waals surface area contributed by atoms with Gasteiger partial charge in [0.1, 0.15) is 12.4 Å². The molecule has 0 radical (unpaired) electrons. The Bertz CT molecular complexity index is 1050. The molecule has 3 rings (SSSR count). The molecule has 0 N–H and O–H groups in total. The molecule has 2 aromatic rings. The number of nitrogens with zero attached hydrogens (tertiary/aromatic N) is 1. The fourth-order valence-electron chi connectivity index (χ4n) is 3.52. The van der Waals surface area contributed by atoms with E-state index in [4.69, 9.17) is 20.8 Å². The van der Waals surface area contributed by atoms with E-state index in [-0.39, 0.29) is 31.2 Å². The highest BCUT2D eigenvalue weighted by Gasteiger charge is 2.37. The molecular weight excluding hydrogens is 422 g/mol. The van der Waals surface area contributed by atoms with E-state index in [2.05, 4.69) is 11.3 Å². The van der Waals surface area contributed by atoms with Crippen molar-refractivity contribution in [2.75, 3.05) is 13.7 Å². The van der Waals surface area contributed by atoms with Gasteiger partial charge in [0.05, 0.1) is 19.2 Å². The number of carbonyl (C=O) groups is 3. The second kappa shape index (κ2) is 9.66. The zero-order valence-corrected chi connectivity index (χ0v) is 18.0. The Morgan fingerprint density at radius 3 is 2.74 bits per heavy atom. The Hall–Kier alpha value is -3.32. The highest BCUT2D eigenvalue weighted by molar-refractivity contribution is 6.30. The van der Waals surface area contributed by atoms with E-state index in [0.29, 0.717) is 22.1 Å². The molecule has 2 heterocycles. The molecule has 7 nitrogen and oxygen atoms in total. The first-order valence-corrected chi connectivity index (χ1v) is 9.95.